The summed E-state index contributed by atoms with van der Waals surface area (Å²) in [7, 11) is 1.34. The minimum atomic E-state index is -0.291. The number of halogens is 1. The van der Waals surface area contributed by atoms with Gasteiger partial charge in [-0.05, 0) is 25.9 Å². The standard InChI is InChI=1S/C10H18N2O3.ClH/c1-15-9(13)4-7-12-10(14)8-2-5-11-6-3-8;/h8,11H,2-7H2,1H3,(H,12,14);1H. The summed E-state index contributed by atoms with van der Waals surface area (Å²) in [6.45, 7) is 2.17. The van der Waals surface area contributed by atoms with Crippen LogP contribution in [0, 0.1) is 5.92 Å². The minimum Gasteiger partial charge on any atom is -0.469 e. The van der Waals surface area contributed by atoms with E-state index in [-0.39, 0.29) is 36.6 Å². The van der Waals surface area contributed by atoms with Crippen molar-refractivity contribution in [3.63, 3.8) is 0 Å². The van der Waals surface area contributed by atoms with Crippen molar-refractivity contribution in [2.75, 3.05) is 26.7 Å². The molecule has 1 aliphatic heterocycles. The minimum absolute atomic E-state index is 0. The molecule has 1 aliphatic rings. The van der Waals surface area contributed by atoms with Crippen molar-refractivity contribution >= 4 is 24.3 Å². The number of piperidine rings is 1. The highest BCUT2D eigenvalue weighted by Gasteiger charge is 2.20. The lowest BCUT2D eigenvalue weighted by Crippen LogP contribution is -2.38. The smallest absolute Gasteiger partial charge is 0.307 e. The monoisotopic (exact) mass is 250 g/mol. The predicted molar refractivity (Wildman–Crippen MR) is 62.5 cm³/mol. The summed E-state index contributed by atoms with van der Waals surface area (Å²) in [5, 5.41) is 5.95. The van der Waals surface area contributed by atoms with E-state index in [1.54, 1.807) is 0 Å². The zero-order valence-electron chi connectivity index (χ0n) is 9.45. The average molecular weight is 251 g/mol. The topological polar surface area (TPSA) is 67.4 Å². The fourth-order valence-corrected chi connectivity index (χ4v) is 1.62. The van der Waals surface area contributed by atoms with Crippen LogP contribution in [0.25, 0.3) is 0 Å². The van der Waals surface area contributed by atoms with Gasteiger partial charge in [-0.3, -0.25) is 9.59 Å². The molecule has 1 heterocycles. The summed E-state index contributed by atoms with van der Waals surface area (Å²) in [5.74, 6) is -0.134. The number of rotatable bonds is 4. The lowest BCUT2D eigenvalue weighted by Gasteiger charge is -2.21. The number of ether oxygens (including phenoxy) is 1. The van der Waals surface area contributed by atoms with Crippen LogP contribution in [0.1, 0.15) is 19.3 Å². The van der Waals surface area contributed by atoms with Crippen LogP contribution in [0.15, 0.2) is 0 Å². The molecule has 6 heteroatoms. The van der Waals surface area contributed by atoms with Crippen molar-refractivity contribution < 1.29 is 14.3 Å². The van der Waals surface area contributed by atoms with Gasteiger partial charge in [-0.2, -0.15) is 0 Å². The van der Waals surface area contributed by atoms with Gasteiger partial charge in [-0.1, -0.05) is 0 Å². The Morgan fingerprint density at radius 3 is 2.56 bits per heavy atom. The molecule has 0 bridgehead atoms. The highest BCUT2D eigenvalue weighted by atomic mass is 35.5. The number of methoxy groups -OCH3 is 1. The summed E-state index contributed by atoms with van der Waals surface area (Å²) in [5.41, 5.74) is 0. The molecule has 94 valence electrons. The first kappa shape index (κ1) is 15.2. The first-order chi connectivity index (χ1) is 7.24. The van der Waals surface area contributed by atoms with Gasteiger partial charge in [-0.15, -0.1) is 12.4 Å². The molecule has 0 aliphatic carbocycles. The third-order valence-electron chi connectivity index (χ3n) is 2.57. The molecule has 1 rings (SSSR count). The van der Waals surface area contributed by atoms with Gasteiger partial charge >= 0.3 is 5.97 Å². The molecule has 1 amide bonds. The zero-order valence-corrected chi connectivity index (χ0v) is 10.3. The average Bonchev–Trinajstić information content (AvgIpc) is 2.29. The van der Waals surface area contributed by atoms with Crippen LogP contribution in [-0.4, -0.2) is 38.6 Å². The Morgan fingerprint density at radius 1 is 1.38 bits per heavy atom. The first-order valence-corrected chi connectivity index (χ1v) is 5.29. The molecular formula is C10H19ClN2O3. The predicted octanol–water partition coefficient (Wildman–Crippen LogP) is 0.0871. The molecule has 0 aromatic rings. The summed E-state index contributed by atoms with van der Waals surface area (Å²) in [4.78, 5) is 22.4. The van der Waals surface area contributed by atoms with Crippen molar-refractivity contribution in [2.45, 2.75) is 19.3 Å². The van der Waals surface area contributed by atoms with Gasteiger partial charge in [-0.25, -0.2) is 0 Å². The van der Waals surface area contributed by atoms with Gasteiger partial charge in [0.1, 0.15) is 0 Å². The van der Waals surface area contributed by atoms with Crippen LogP contribution in [-0.2, 0) is 14.3 Å². The molecule has 16 heavy (non-hydrogen) atoms. The van der Waals surface area contributed by atoms with E-state index in [2.05, 4.69) is 15.4 Å². The quantitative estimate of drug-likeness (QED) is 0.694. The fraction of sp³-hybridized carbons (Fsp3) is 0.800. The number of hydrogen-bond acceptors (Lipinski definition) is 4. The third-order valence-corrected chi connectivity index (χ3v) is 2.57. The first-order valence-electron chi connectivity index (χ1n) is 5.29. The molecule has 0 unspecified atom stereocenters. The molecular weight excluding hydrogens is 232 g/mol. The zero-order chi connectivity index (χ0) is 11.1. The molecule has 0 radical (unpaired) electrons. The Hall–Kier alpha value is -0.810. The Bertz CT molecular complexity index is 230. The lowest BCUT2D eigenvalue weighted by atomic mass is 9.97. The molecule has 5 nitrogen and oxygen atoms in total. The van der Waals surface area contributed by atoms with Crippen molar-refractivity contribution in [2.24, 2.45) is 5.92 Å². The van der Waals surface area contributed by atoms with Gasteiger partial charge in [0.25, 0.3) is 0 Å². The van der Waals surface area contributed by atoms with E-state index in [0.29, 0.717) is 6.54 Å². The summed E-state index contributed by atoms with van der Waals surface area (Å²) in [6.07, 6.45) is 2.00. The summed E-state index contributed by atoms with van der Waals surface area (Å²) < 4.78 is 4.48. The molecule has 2 N–H and O–H groups in total. The molecule has 0 atom stereocenters. The SMILES string of the molecule is COC(=O)CCNC(=O)C1CCNCC1.Cl. The molecule has 0 aromatic heterocycles. The molecule has 1 fully saturated rings. The number of esters is 1. The second-order valence-electron chi connectivity index (χ2n) is 3.64. The van der Waals surface area contributed by atoms with Gasteiger partial charge in [0.2, 0.25) is 5.91 Å². The van der Waals surface area contributed by atoms with Crippen LogP contribution in [0.2, 0.25) is 0 Å². The molecule has 0 spiro atoms. The highest BCUT2D eigenvalue weighted by Crippen LogP contribution is 2.10. The molecule has 0 aromatic carbocycles. The Labute approximate surface area is 102 Å². The number of nitrogens with one attached hydrogen (secondary N) is 2. The summed E-state index contributed by atoms with van der Waals surface area (Å²) >= 11 is 0. The molecule has 0 saturated carbocycles. The van der Waals surface area contributed by atoms with Crippen molar-refractivity contribution in [1.82, 2.24) is 10.6 Å². The van der Waals surface area contributed by atoms with E-state index in [4.69, 9.17) is 0 Å². The fourth-order valence-electron chi connectivity index (χ4n) is 1.62. The maximum absolute atomic E-state index is 11.6. The number of carbonyl (C=O) groups excluding carboxylic acids is 2. The summed E-state index contributed by atoms with van der Waals surface area (Å²) in [6, 6.07) is 0. The lowest BCUT2D eigenvalue weighted by molar-refractivity contribution is -0.140. The van der Waals surface area contributed by atoms with E-state index in [1.165, 1.54) is 7.11 Å². The Kier molecular flexibility index (Phi) is 7.93. The van der Waals surface area contributed by atoms with Crippen molar-refractivity contribution in [3.05, 3.63) is 0 Å². The van der Waals surface area contributed by atoms with Gasteiger partial charge in [0.15, 0.2) is 0 Å². The highest BCUT2D eigenvalue weighted by molar-refractivity contribution is 5.85. The Morgan fingerprint density at radius 2 is 2.00 bits per heavy atom. The van der Waals surface area contributed by atoms with Crippen LogP contribution in [0.5, 0.6) is 0 Å². The van der Waals surface area contributed by atoms with Crippen LogP contribution < -0.4 is 10.6 Å². The third kappa shape index (κ3) is 5.32. The van der Waals surface area contributed by atoms with Gasteiger partial charge < -0.3 is 15.4 Å². The Balaban J connectivity index is 0.00000225. The van der Waals surface area contributed by atoms with Crippen LogP contribution >= 0.6 is 12.4 Å². The van der Waals surface area contributed by atoms with Gasteiger partial charge in [0.05, 0.1) is 13.5 Å². The van der Waals surface area contributed by atoms with E-state index in [1.807, 2.05) is 0 Å². The van der Waals surface area contributed by atoms with E-state index in [0.717, 1.165) is 25.9 Å². The maximum atomic E-state index is 11.6. The number of amides is 1. The van der Waals surface area contributed by atoms with E-state index >= 15 is 0 Å². The van der Waals surface area contributed by atoms with Crippen molar-refractivity contribution in [3.8, 4) is 0 Å². The number of carbonyl (C=O) groups is 2. The van der Waals surface area contributed by atoms with Crippen LogP contribution in [0.4, 0.5) is 0 Å². The normalized spacial score (nSPS) is 16.1. The van der Waals surface area contributed by atoms with E-state index in [9.17, 15) is 9.59 Å². The molecule has 1 saturated heterocycles. The van der Waals surface area contributed by atoms with E-state index < -0.39 is 0 Å². The largest absolute Gasteiger partial charge is 0.469 e. The van der Waals surface area contributed by atoms with Gasteiger partial charge in [0, 0.05) is 12.5 Å². The van der Waals surface area contributed by atoms with Crippen molar-refractivity contribution in [1.29, 1.82) is 0 Å². The number of hydrogen-bond donors (Lipinski definition) is 2. The van der Waals surface area contributed by atoms with Crippen LogP contribution in [0.3, 0.4) is 0 Å². The second-order valence-corrected chi connectivity index (χ2v) is 3.64. The second kappa shape index (κ2) is 8.35. The maximum Gasteiger partial charge on any atom is 0.307 e.